The van der Waals surface area contributed by atoms with E-state index in [4.69, 9.17) is 0 Å². The van der Waals surface area contributed by atoms with Crippen LogP contribution in [0.4, 0.5) is 14.5 Å². The minimum absolute atomic E-state index is 0.0346. The lowest BCUT2D eigenvalue weighted by Gasteiger charge is -2.14. The molecule has 3 nitrogen and oxygen atoms in total. The van der Waals surface area contributed by atoms with Gasteiger partial charge in [0.15, 0.2) is 0 Å². The molecule has 0 radical (unpaired) electrons. The molecule has 1 amide bonds. The molecule has 2 aromatic rings. The van der Waals surface area contributed by atoms with E-state index in [1.54, 1.807) is 25.1 Å². The third-order valence-electron chi connectivity index (χ3n) is 3.07. The van der Waals surface area contributed by atoms with Crippen molar-refractivity contribution in [2.75, 3.05) is 11.9 Å². The van der Waals surface area contributed by atoms with Crippen molar-refractivity contribution in [2.45, 2.75) is 13.0 Å². The second kappa shape index (κ2) is 6.95. The van der Waals surface area contributed by atoms with Gasteiger partial charge in [0, 0.05) is 17.3 Å². The first-order valence-corrected chi connectivity index (χ1v) is 6.59. The fourth-order valence-electron chi connectivity index (χ4n) is 1.92. The standard InChI is InChI=1S/C16H16F2N2O/c1-11(14-4-2-3-5-15(14)18)19-10-16(21)20-13-8-6-12(17)7-9-13/h2-9,11,19H,10H2,1H3,(H,20,21)/t11-/m1/s1. The third-order valence-corrected chi connectivity index (χ3v) is 3.07. The molecule has 0 aliphatic heterocycles. The van der Waals surface area contributed by atoms with E-state index in [0.717, 1.165) is 0 Å². The monoisotopic (exact) mass is 290 g/mol. The molecule has 21 heavy (non-hydrogen) atoms. The number of nitrogens with one attached hydrogen (secondary N) is 2. The highest BCUT2D eigenvalue weighted by molar-refractivity contribution is 5.92. The van der Waals surface area contributed by atoms with Crippen LogP contribution in [0.2, 0.25) is 0 Å². The van der Waals surface area contributed by atoms with Crippen molar-refractivity contribution in [1.29, 1.82) is 0 Å². The first-order chi connectivity index (χ1) is 10.1. The van der Waals surface area contributed by atoms with Crippen LogP contribution in [0.3, 0.4) is 0 Å². The number of amides is 1. The molecule has 0 spiro atoms. The largest absolute Gasteiger partial charge is 0.325 e. The number of hydrogen-bond acceptors (Lipinski definition) is 2. The Kier molecular flexibility index (Phi) is 5.00. The summed E-state index contributed by atoms with van der Waals surface area (Å²) in [6.07, 6.45) is 0. The lowest BCUT2D eigenvalue weighted by Crippen LogP contribution is -2.30. The molecule has 0 heterocycles. The predicted octanol–water partition coefficient (Wildman–Crippen LogP) is 3.25. The van der Waals surface area contributed by atoms with Crippen molar-refractivity contribution in [2.24, 2.45) is 0 Å². The molecule has 0 saturated carbocycles. The summed E-state index contributed by atoms with van der Waals surface area (Å²) >= 11 is 0. The Bertz CT molecular complexity index is 614. The molecule has 0 unspecified atom stereocenters. The van der Waals surface area contributed by atoms with Gasteiger partial charge >= 0.3 is 0 Å². The van der Waals surface area contributed by atoms with Crippen LogP contribution in [-0.2, 0) is 4.79 Å². The summed E-state index contributed by atoms with van der Waals surface area (Å²) < 4.78 is 26.3. The molecule has 0 aromatic heterocycles. The lowest BCUT2D eigenvalue weighted by atomic mass is 10.1. The summed E-state index contributed by atoms with van der Waals surface area (Å²) in [5.41, 5.74) is 1.02. The zero-order valence-corrected chi connectivity index (χ0v) is 11.6. The average Bonchev–Trinajstić information content (AvgIpc) is 2.48. The fraction of sp³-hybridized carbons (Fsp3) is 0.188. The van der Waals surface area contributed by atoms with Crippen molar-refractivity contribution in [3.05, 3.63) is 65.7 Å². The number of benzene rings is 2. The number of halogens is 2. The number of carbonyl (C=O) groups is 1. The fourth-order valence-corrected chi connectivity index (χ4v) is 1.92. The van der Waals surface area contributed by atoms with Crippen LogP contribution in [0.5, 0.6) is 0 Å². The van der Waals surface area contributed by atoms with Crippen molar-refractivity contribution < 1.29 is 13.6 Å². The van der Waals surface area contributed by atoms with Crippen molar-refractivity contribution in [1.82, 2.24) is 5.32 Å². The van der Waals surface area contributed by atoms with Gasteiger partial charge in [0.1, 0.15) is 11.6 Å². The Morgan fingerprint density at radius 1 is 1.10 bits per heavy atom. The second-order valence-electron chi connectivity index (χ2n) is 4.68. The lowest BCUT2D eigenvalue weighted by molar-refractivity contribution is -0.115. The van der Waals surface area contributed by atoms with Gasteiger partial charge in [-0.05, 0) is 37.3 Å². The van der Waals surface area contributed by atoms with Crippen LogP contribution in [-0.4, -0.2) is 12.5 Å². The number of carbonyl (C=O) groups excluding carboxylic acids is 1. The Morgan fingerprint density at radius 3 is 2.43 bits per heavy atom. The van der Waals surface area contributed by atoms with Crippen molar-refractivity contribution in [3.8, 4) is 0 Å². The van der Waals surface area contributed by atoms with E-state index in [1.807, 2.05) is 0 Å². The zero-order chi connectivity index (χ0) is 15.2. The molecule has 0 saturated heterocycles. The van der Waals surface area contributed by atoms with Crippen LogP contribution in [0, 0.1) is 11.6 Å². The average molecular weight is 290 g/mol. The molecule has 0 aliphatic carbocycles. The minimum Gasteiger partial charge on any atom is -0.325 e. The maximum absolute atomic E-state index is 13.6. The molecule has 2 N–H and O–H groups in total. The summed E-state index contributed by atoms with van der Waals surface area (Å²) in [6, 6.07) is 11.6. The first-order valence-electron chi connectivity index (χ1n) is 6.59. The van der Waals surface area contributed by atoms with Crippen molar-refractivity contribution in [3.63, 3.8) is 0 Å². The molecule has 0 fully saturated rings. The van der Waals surface area contributed by atoms with Gasteiger partial charge < -0.3 is 10.6 Å². The quantitative estimate of drug-likeness (QED) is 0.887. The van der Waals surface area contributed by atoms with E-state index >= 15 is 0 Å². The van der Waals surface area contributed by atoms with Gasteiger partial charge in [-0.1, -0.05) is 18.2 Å². The maximum Gasteiger partial charge on any atom is 0.238 e. The zero-order valence-electron chi connectivity index (χ0n) is 11.6. The van der Waals surface area contributed by atoms with E-state index in [9.17, 15) is 13.6 Å². The molecular weight excluding hydrogens is 274 g/mol. The summed E-state index contributed by atoms with van der Waals surface area (Å²) in [5, 5.41) is 5.57. The number of hydrogen-bond donors (Lipinski definition) is 2. The van der Waals surface area contributed by atoms with Crippen LogP contribution >= 0.6 is 0 Å². The Balaban J connectivity index is 1.86. The summed E-state index contributed by atoms with van der Waals surface area (Å²) in [6.45, 7) is 1.82. The highest BCUT2D eigenvalue weighted by atomic mass is 19.1. The molecule has 1 atom stereocenters. The van der Waals surface area contributed by atoms with Gasteiger partial charge in [0.2, 0.25) is 5.91 Å². The van der Waals surface area contributed by atoms with Gasteiger partial charge in [-0.15, -0.1) is 0 Å². The molecule has 0 bridgehead atoms. The van der Waals surface area contributed by atoms with Gasteiger partial charge in [-0.25, -0.2) is 8.78 Å². The third kappa shape index (κ3) is 4.36. The van der Waals surface area contributed by atoms with E-state index in [0.29, 0.717) is 11.3 Å². The number of anilines is 1. The molecule has 110 valence electrons. The van der Waals surface area contributed by atoms with Crippen LogP contribution < -0.4 is 10.6 Å². The van der Waals surface area contributed by atoms with Gasteiger partial charge in [-0.3, -0.25) is 4.79 Å². The maximum atomic E-state index is 13.6. The van der Waals surface area contributed by atoms with E-state index in [2.05, 4.69) is 10.6 Å². The van der Waals surface area contributed by atoms with E-state index < -0.39 is 0 Å². The van der Waals surface area contributed by atoms with Crippen LogP contribution in [0.25, 0.3) is 0 Å². The SMILES string of the molecule is C[C@@H](NCC(=O)Nc1ccc(F)cc1)c1ccccc1F. The normalized spacial score (nSPS) is 12.0. The molecule has 5 heteroatoms. The van der Waals surface area contributed by atoms with E-state index in [1.165, 1.54) is 30.3 Å². The highest BCUT2D eigenvalue weighted by Crippen LogP contribution is 2.15. The van der Waals surface area contributed by atoms with Crippen LogP contribution in [0.15, 0.2) is 48.5 Å². The molecule has 2 aromatic carbocycles. The van der Waals surface area contributed by atoms with Gasteiger partial charge in [0.05, 0.1) is 6.54 Å². The van der Waals surface area contributed by atoms with Gasteiger partial charge in [-0.2, -0.15) is 0 Å². The minimum atomic E-state index is -0.362. The molecular formula is C16H16F2N2O. The summed E-state index contributed by atoms with van der Waals surface area (Å²) in [7, 11) is 0. The summed E-state index contributed by atoms with van der Waals surface area (Å²) in [4.78, 5) is 11.8. The molecule has 2 rings (SSSR count). The predicted molar refractivity (Wildman–Crippen MR) is 77.8 cm³/mol. The Hall–Kier alpha value is -2.27. The Labute approximate surface area is 122 Å². The molecule has 0 aliphatic rings. The number of rotatable bonds is 5. The second-order valence-corrected chi connectivity index (χ2v) is 4.68. The van der Waals surface area contributed by atoms with Crippen molar-refractivity contribution >= 4 is 11.6 Å². The summed E-state index contributed by atoms with van der Waals surface area (Å²) in [5.74, 6) is -0.944. The smallest absolute Gasteiger partial charge is 0.238 e. The van der Waals surface area contributed by atoms with Gasteiger partial charge in [0.25, 0.3) is 0 Å². The van der Waals surface area contributed by atoms with E-state index in [-0.39, 0.29) is 30.1 Å². The topological polar surface area (TPSA) is 41.1 Å². The van der Waals surface area contributed by atoms with Crippen LogP contribution in [0.1, 0.15) is 18.5 Å². The first kappa shape index (κ1) is 15.1. The highest BCUT2D eigenvalue weighted by Gasteiger charge is 2.11. The Morgan fingerprint density at radius 2 is 1.76 bits per heavy atom.